The normalized spacial score (nSPS) is 10.8. The van der Waals surface area contributed by atoms with Gasteiger partial charge >= 0.3 is 0 Å². The molecule has 3 heteroatoms. The van der Waals surface area contributed by atoms with Gasteiger partial charge < -0.3 is 4.98 Å². The summed E-state index contributed by atoms with van der Waals surface area (Å²) in [6.45, 7) is 10.2. The molecule has 0 aliphatic heterocycles. The first kappa shape index (κ1) is 13.8. The van der Waals surface area contributed by atoms with E-state index in [9.17, 15) is 0 Å². The first-order valence-corrected chi connectivity index (χ1v) is 6.15. The summed E-state index contributed by atoms with van der Waals surface area (Å²) in [6.07, 6.45) is 0. The maximum atomic E-state index is 4.56. The van der Waals surface area contributed by atoms with E-state index in [1.807, 2.05) is 0 Å². The predicted octanol–water partition coefficient (Wildman–Crippen LogP) is 4.01. The molecule has 1 N–H and O–H groups in total. The Labute approximate surface area is 105 Å². The van der Waals surface area contributed by atoms with Gasteiger partial charge in [0.25, 0.3) is 0 Å². The van der Waals surface area contributed by atoms with Crippen LogP contribution in [0.1, 0.15) is 50.9 Å². The van der Waals surface area contributed by atoms with Gasteiger partial charge in [-0.25, -0.2) is 4.98 Å². The molecule has 2 rings (SSSR count). The highest BCUT2D eigenvalue weighted by molar-refractivity contribution is 6.05. The second-order valence-electron chi connectivity index (χ2n) is 4.71. The Kier molecular flexibility index (Phi) is 4.79. The van der Waals surface area contributed by atoms with E-state index in [-0.39, 0.29) is 0 Å². The first-order valence-electron chi connectivity index (χ1n) is 6.15. The van der Waals surface area contributed by atoms with Crippen LogP contribution in [0.3, 0.4) is 0 Å². The zero-order valence-electron chi connectivity index (χ0n) is 11.4. The molecule has 1 aromatic heterocycles. The van der Waals surface area contributed by atoms with Crippen molar-refractivity contribution in [2.45, 2.75) is 46.4 Å². The van der Waals surface area contributed by atoms with Crippen LogP contribution in [0, 0.1) is 0 Å². The molecule has 0 bridgehead atoms. The van der Waals surface area contributed by atoms with E-state index in [2.05, 4.69) is 63.7 Å². The Balaban J connectivity index is 0.000000686. The summed E-state index contributed by atoms with van der Waals surface area (Å²) in [5.41, 5.74) is 3.59. The summed E-state index contributed by atoms with van der Waals surface area (Å²) < 4.78 is 0. The third-order valence-electron chi connectivity index (χ3n) is 2.74. The minimum atomic E-state index is 0.458. The molecular formula is C14H21BN2. The fraction of sp³-hybridized carbons (Fsp3) is 0.500. The predicted molar refractivity (Wildman–Crippen MR) is 75.9 cm³/mol. The number of hydrogen-bond acceptors (Lipinski definition) is 1. The number of aromatic nitrogens is 2. The number of nitrogens with one attached hydrogen (secondary N) is 1. The highest BCUT2D eigenvalue weighted by Gasteiger charge is 2.07. The van der Waals surface area contributed by atoms with E-state index in [1.165, 1.54) is 12.4 Å². The van der Waals surface area contributed by atoms with Gasteiger partial charge in [-0.1, -0.05) is 40.6 Å². The minimum absolute atomic E-state index is 0.458. The third kappa shape index (κ3) is 3.12. The lowest BCUT2D eigenvalue weighted by molar-refractivity contribution is 0.799. The number of benzene rings is 1. The molecular weight excluding hydrogens is 207 g/mol. The molecule has 1 aromatic carbocycles. The van der Waals surface area contributed by atoms with Gasteiger partial charge in [0.2, 0.25) is 0 Å². The monoisotopic (exact) mass is 228 g/mol. The number of fused-ring (bicyclic) bond motifs is 1. The molecule has 0 aliphatic carbocycles. The van der Waals surface area contributed by atoms with Crippen LogP contribution in [-0.2, 0) is 0 Å². The van der Waals surface area contributed by atoms with Crippen molar-refractivity contribution in [3.8, 4) is 0 Å². The van der Waals surface area contributed by atoms with Crippen molar-refractivity contribution in [3.63, 3.8) is 0 Å². The fourth-order valence-electron chi connectivity index (χ4n) is 1.68. The van der Waals surface area contributed by atoms with Crippen molar-refractivity contribution in [2.24, 2.45) is 0 Å². The summed E-state index contributed by atoms with van der Waals surface area (Å²) >= 11 is 0. The van der Waals surface area contributed by atoms with E-state index in [1.54, 1.807) is 0 Å². The molecule has 2 nitrogen and oxygen atoms in total. The molecule has 0 aliphatic rings. The largest absolute Gasteiger partial charge is 0.342 e. The Morgan fingerprint density at radius 2 is 1.71 bits per heavy atom. The third-order valence-corrected chi connectivity index (χ3v) is 2.74. The number of imidazole rings is 1. The van der Waals surface area contributed by atoms with E-state index in [0.29, 0.717) is 11.8 Å². The van der Waals surface area contributed by atoms with E-state index in [0.717, 1.165) is 16.9 Å². The molecule has 0 saturated heterocycles. The summed E-state index contributed by atoms with van der Waals surface area (Å²) in [5.74, 6) is 2.10. The lowest BCUT2D eigenvalue weighted by atomic mass is 10.0. The average molecular weight is 228 g/mol. The summed E-state index contributed by atoms with van der Waals surface area (Å²) in [4.78, 5) is 7.94. The van der Waals surface area contributed by atoms with Crippen LogP contribution in [0.4, 0.5) is 0 Å². The maximum Gasteiger partial charge on any atom is 0.109 e. The Morgan fingerprint density at radius 1 is 1.06 bits per heavy atom. The fourth-order valence-corrected chi connectivity index (χ4v) is 1.68. The molecule has 0 spiro atoms. The molecule has 0 atom stereocenters. The van der Waals surface area contributed by atoms with Gasteiger partial charge in [-0.2, -0.15) is 0 Å². The molecule has 0 saturated carbocycles. The Morgan fingerprint density at radius 3 is 2.24 bits per heavy atom. The lowest BCUT2D eigenvalue weighted by Crippen LogP contribution is -1.88. The maximum absolute atomic E-state index is 4.56. The van der Waals surface area contributed by atoms with Gasteiger partial charge in [0, 0.05) is 5.92 Å². The standard InChI is InChI=1S/C13H18N2.CH3B/c1-8(2)10-5-6-11-12(7-10)15-13(14-11)9(3)4;1-2/h5-9H,1-4H3,(H,14,15);1H3. The second kappa shape index (κ2) is 5.90. The number of nitrogens with zero attached hydrogens (tertiary/aromatic N) is 1. The van der Waals surface area contributed by atoms with Gasteiger partial charge in [-0.05, 0) is 23.6 Å². The molecule has 2 radical (unpaired) electrons. The summed E-state index contributed by atoms with van der Waals surface area (Å²) in [7, 11) is 4.50. The van der Waals surface area contributed by atoms with Crippen LogP contribution in [0.2, 0.25) is 6.82 Å². The number of rotatable bonds is 2. The van der Waals surface area contributed by atoms with Crippen LogP contribution >= 0.6 is 0 Å². The first-order chi connectivity index (χ1) is 8.08. The van der Waals surface area contributed by atoms with Crippen molar-refractivity contribution in [1.82, 2.24) is 9.97 Å². The number of hydrogen-bond donors (Lipinski definition) is 1. The number of H-pyrrole nitrogens is 1. The van der Waals surface area contributed by atoms with E-state index >= 15 is 0 Å². The van der Waals surface area contributed by atoms with Crippen LogP contribution < -0.4 is 0 Å². The van der Waals surface area contributed by atoms with Crippen LogP contribution in [-0.4, -0.2) is 17.8 Å². The van der Waals surface area contributed by atoms with E-state index < -0.39 is 0 Å². The van der Waals surface area contributed by atoms with Crippen molar-refractivity contribution in [2.75, 3.05) is 0 Å². The quantitative estimate of drug-likeness (QED) is 0.773. The highest BCUT2D eigenvalue weighted by atomic mass is 14.9. The molecule has 1 heterocycles. The highest BCUT2D eigenvalue weighted by Crippen LogP contribution is 2.21. The summed E-state index contributed by atoms with van der Waals surface area (Å²) in [6, 6.07) is 6.48. The SMILES string of the molecule is CC(C)c1ccc2nc(C(C)C)[nH]c2c1.[B]C. The summed E-state index contributed by atoms with van der Waals surface area (Å²) in [5, 5.41) is 0. The Hall–Kier alpha value is -1.25. The molecule has 0 amide bonds. The smallest absolute Gasteiger partial charge is 0.109 e. The molecule has 0 unspecified atom stereocenters. The van der Waals surface area contributed by atoms with Gasteiger partial charge in [-0.3, -0.25) is 0 Å². The van der Waals surface area contributed by atoms with Crippen molar-refractivity contribution < 1.29 is 0 Å². The van der Waals surface area contributed by atoms with E-state index in [4.69, 9.17) is 0 Å². The minimum Gasteiger partial charge on any atom is -0.342 e. The van der Waals surface area contributed by atoms with Crippen molar-refractivity contribution >= 4 is 18.9 Å². The Bertz CT molecular complexity index is 466. The lowest BCUT2D eigenvalue weighted by Gasteiger charge is -2.03. The zero-order chi connectivity index (χ0) is 13.0. The zero-order valence-corrected chi connectivity index (χ0v) is 11.4. The van der Waals surface area contributed by atoms with Gasteiger partial charge in [0.1, 0.15) is 5.82 Å². The van der Waals surface area contributed by atoms with Gasteiger partial charge in [0.05, 0.1) is 18.9 Å². The van der Waals surface area contributed by atoms with Gasteiger partial charge in [-0.15, -0.1) is 0 Å². The van der Waals surface area contributed by atoms with Crippen molar-refractivity contribution in [1.29, 1.82) is 0 Å². The molecule has 17 heavy (non-hydrogen) atoms. The molecule has 0 fully saturated rings. The van der Waals surface area contributed by atoms with Crippen molar-refractivity contribution in [3.05, 3.63) is 29.6 Å². The molecule has 90 valence electrons. The average Bonchev–Trinajstić information content (AvgIpc) is 2.74. The van der Waals surface area contributed by atoms with Crippen LogP contribution in [0.15, 0.2) is 18.2 Å². The topological polar surface area (TPSA) is 28.7 Å². The number of aromatic amines is 1. The molecule has 2 aromatic rings. The van der Waals surface area contributed by atoms with Crippen LogP contribution in [0.5, 0.6) is 0 Å². The van der Waals surface area contributed by atoms with Gasteiger partial charge in [0.15, 0.2) is 0 Å². The van der Waals surface area contributed by atoms with Crippen LogP contribution in [0.25, 0.3) is 11.0 Å². The second-order valence-corrected chi connectivity index (χ2v) is 4.71.